The molecule has 0 N–H and O–H groups in total. The highest BCUT2D eigenvalue weighted by atomic mass is 32.1. The van der Waals surface area contributed by atoms with Crippen LogP contribution in [-0.2, 0) is 14.3 Å². The summed E-state index contributed by atoms with van der Waals surface area (Å²) in [6.45, 7) is 7.05. The zero-order valence-electron chi connectivity index (χ0n) is 21.2. The Morgan fingerprint density at radius 3 is 2.38 bits per heavy atom. The van der Waals surface area contributed by atoms with Crippen molar-refractivity contribution in [1.82, 2.24) is 0 Å². The smallest absolute Gasteiger partial charge is 0.350 e. The monoisotopic (exact) mass is 485 g/mol. The van der Waals surface area contributed by atoms with Gasteiger partial charge in [0.1, 0.15) is 4.88 Å². The largest absolute Gasteiger partial charge is 0.465 e. The Hall–Kier alpha value is -1.84. The first-order valence-corrected chi connectivity index (χ1v) is 13.8. The van der Waals surface area contributed by atoms with Crippen molar-refractivity contribution in [2.45, 2.75) is 103 Å². The summed E-state index contributed by atoms with van der Waals surface area (Å²) in [5.74, 6) is 6.32. The molecule has 0 unspecified atom stereocenters. The van der Waals surface area contributed by atoms with Crippen LogP contribution in [-0.4, -0.2) is 37.2 Å². The number of ether oxygens (including phenoxy) is 2. The van der Waals surface area contributed by atoms with E-state index in [0.717, 1.165) is 75.7 Å². The van der Waals surface area contributed by atoms with Crippen LogP contribution in [0.3, 0.4) is 0 Å². The molecule has 1 aromatic rings. The number of carbonyl (C=O) groups excluding carboxylic acids is 2. The minimum atomic E-state index is -0.392. The van der Waals surface area contributed by atoms with Gasteiger partial charge < -0.3 is 14.4 Å². The van der Waals surface area contributed by atoms with E-state index in [2.05, 4.69) is 32.6 Å². The van der Waals surface area contributed by atoms with E-state index in [1.807, 2.05) is 11.0 Å². The summed E-state index contributed by atoms with van der Waals surface area (Å²) in [6.07, 6.45) is 11.3. The molecular weight excluding hydrogens is 446 g/mol. The van der Waals surface area contributed by atoms with Gasteiger partial charge in [-0.1, -0.05) is 31.1 Å². The molecule has 5 nitrogen and oxygen atoms in total. The SMILES string of the molecule is COC(=O)c1sc(C#CC(C)(C)C)cc1N(C(=O)C1CCCCC1)C1CCC2(CCCO2)CC1. The fourth-order valence-corrected chi connectivity index (χ4v) is 6.61. The number of rotatable bonds is 4. The first-order valence-electron chi connectivity index (χ1n) is 12.9. The summed E-state index contributed by atoms with van der Waals surface area (Å²) >= 11 is 1.34. The first kappa shape index (κ1) is 25.3. The van der Waals surface area contributed by atoms with E-state index in [9.17, 15) is 9.59 Å². The van der Waals surface area contributed by atoms with Gasteiger partial charge in [0, 0.05) is 24.0 Å². The van der Waals surface area contributed by atoms with E-state index in [0.29, 0.717) is 10.6 Å². The molecule has 2 saturated carbocycles. The predicted molar refractivity (Wildman–Crippen MR) is 136 cm³/mol. The lowest BCUT2D eigenvalue weighted by Gasteiger charge is -2.42. The lowest BCUT2D eigenvalue weighted by molar-refractivity contribution is -0.124. The molecular formula is C28H39NO4S. The second-order valence-corrected chi connectivity index (χ2v) is 12.3. The number of amides is 1. The fraction of sp³-hybridized carbons (Fsp3) is 0.714. The molecule has 3 aliphatic rings. The van der Waals surface area contributed by atoms with E-state index >= 15 is 0 Å². The van der Waals surface area contributed by atoms with Crippen LogP contribution in [0.4, 0.5) is 5.69 Å². The maximum absolute atomic E-state index is 14.0. The Morgan fingerprint density at radius 1 is 1.09 bits per heavy atom. The van der Waals surface area contributed by atoms with Gasteiger partial charge in [-0.2, -0.15) is 0 Å². The Kier molecular flexibility index (Phi) is 7.74. The Morgan fingerprint density at radius 2 is 1.79 bits per heavy atom. The number of methoxy groups -OCH3 is 1. The zero-order chi connectivity index (χ0) is 24.3. The average molecular weight is 486 g/mol. The van der Waals surface area contributed by atoms with E-state index in [4.69, 9.17) is 9.47 Å². The molecule has 4 rings (SSSR count). The van der Waals surface area contributed by atoms with Gasteiger partial charge in [-0.3, -0.25) is 4.79 Å². The highest BCUT2D eigenvalue weighted by Crippen LogP contribution is 2.44. The standard InChI is InChI=1S/C28H39NO4S/c1-27(2,3)15-13-22-19-23(24(34-22)26(31)32-4)29(25(30)20-9-6-5-7-10-20)21-11-16-28(17-12-21)14-8-18-33-28/h19-21H,5-12,14,16-18H2,1-4H3. The van der Waals surface area contributed by atoms with E-state index in [-0.39, 0.29) is 28.9 Å². The molecule has 2 heterocycles. The number of hydrogen-bond acceptors (Lipinski definition) is 5. The highest BCUT2D eigenvalue weighted by molar-refractivity contribution is 7.15. The van der Waals surface area contributed by atoms with Gasteiger partial charge in [-0.05, 0) is 78.2 Å². The lowest BCUT2D eigenvalue weighted by atomic mass is 9.79. The third kappa shape index (κ3) is 5.69. The predicted octanol–water partition coefficient (Wildman–Crippen LogP) is 6.34. The number of carbonyl (C=O) groups is 2. The third-order valence-electron chi connectivity index (χ3n) is 7.51. The Labute approximate surface area is 208 Å². The van der Waals surface area contributed by atoms with E-state index < -0.39 is 5.97 Å². The van der Waals surface area contributed by atoms with Crippen LogP contribution in [0.1, 0.15) is 106 Å². The van der Waals surface area contributed by atoms with E-state index in [1.165, 1.54) is 24.9 Å². The van der Waals surface area contributed by atoms with Crippen molar-refractivity contribution < 1.29 is 19.1 Å². The van der Waals surface area contributed by atoms with Gasteiger partial charge in [0.2, 0.25) is 5.91 Å². The Bertz CT molecular complexity index is 941. The average Bonchev–Trinajstić information content (AvgIpc) is 3.46. The minimum Gasteiger partial charge on any atom is -0.465 e. The van der Waals surface area contributed by atoms with Gasteiger partial charge in [-0.25, -0.2) is 4.79 Å². The maximum Gasteiger partial charge on any atom is 0.350 e. The van der Waals surface area contributed by atoms with Crippen LogP contribution in [0.15, 0.2) is 6.07 Å². The van der Waals surface area contributed by atoms with Crippen LogP contribution in [0.5, 0.6) is 0 Å². The van der Waals surface area contributed by atoms with Gasteiger partial charge in [0.25, 0.3) is 0 Å². The topological polar surface area (TPSA) is 55.8 Å². The molecule has 34 heavy (non-hydrogen) atoms. The second-order valence-electron chi connectivity index (χ2n) is 11.2. The molecule has 2 aliphatic carbocycles. The number of hydrogen-bond donors (Lipinski definition) is 0. The lowest BCUT2D eigenvalue weighted by Crippen LogP contribution is -2.49. The number of thiophene rings is 1. The molecule has 6 heteroatoms. The summed E-state index contributed by atoms with van der Waals surface area (Å²) in [7, 11) is 1.40. The van der Waals surface area contributed by atoms with Crippen LogP contribution in [0.2, 0.25) is 0 Å². The summed E-state index contributed by atoms with van der Waals surface area (Å²) < 4.78 is 11.3. The van der Waals surface area contributed by atoms with Crippen molar-refractivity contribution in [2.24, 2.45) is 11.3 Å². The van der Waals surface area contributed by atoms with Crippen LogP contribution >= 0.6 is 11.3 Å². The molecule has 0 bridgehead atoms. The minimum absolute atomic E-state index is 0.000768. The second kappa shape index (κ2) is 10.4. The summed E-state index contributed by atoms with van der Waals surface area (Å²) in [6, 6.07) is 2.03. The van der Waals surface area contributed by atoms with Crippen LogP contribution in [0.25, 0.3) is 0 Å². The van der Waals surface area contributed by atoms with Gasteiger partial charge in [-0.15, -0.1) is 11.3 Å². The van der Waals surface area contributed by atoms with Gasteiger partial charge in [0.15, 0.2) is 0 Å². The number of esters is 1. The molecule has 1 aliphatic heterocycles. The molecule has 1 spiro atoms. The van der Waals surface area contributed by atoms with Gasteiger partial charge >= 0.3 is 5.97 Å². The summed E-state index contributed by atoms with van der Waals surface area (Å²) in [5, 5.41) is 0. The van der Waals surface area contributed by atoms with Crippen LogP contribution in [0, 0.1) is 23.2 Å². The van der Waals surface area contributed by atoms with E-state index in [1.54, 1.807) is 0 Å². The first-order chi connectivity index (χ1) is 16.2. The van der Waals surface area contributed by atoms with Crippen molar-refractivity contribution in [1.29, 1.82) is 0 Å². The zero-order valence-corrected chi connectivity index (χ0v) is 22.0. The summed E-state index contributed by atoms with van der Waals surface area (Å²) in [4.78, 5) is 30.1. The van der Waals surface area contributed by atoms with Crippen molar-refractivity contribution in [3.63, 3.8) is 0 Å². The van der Waals surface area contributed by atoms with Crippen molar-refractivity contribution in [2.75, 3.05) is 18.6 Å². The third-order valence-corrected chi connectivity index (χ3v) is 8.53. The summed E-state index contributed by atoms with van der Waals surface area (Å²) in [5.41, 5.74) is 0.546. The molecule has 1 aromatic heterocycles. The molecule has 0 atom stereocenters. The highest BCUT2D eigenvalue weighted by Gasteiger charge is 2.43. The van der Waals surface area contributed by atoms with Crippen molar-refractivity contribution in [3.05, 3.63) is 15.8 Å². The molecule has 0 radical (unpaired) electrons. The molecule has 0 aromatic carbocycles. The molecule has 3 fully saturated rings. The maximum atomic E-state index is 14.0. The fourth-order valence-electron chi connectivity index (χ4n) is 5.69. The number of nitrogens with zero attached hydrogens (tertiary/aromatic N) is 1. The number of anilines is 1. The molecule has 1 amide bonds. The van der Waals surface area contributed by atoms with Crippen molar-refractivity contribution in [3.8, 4) is 11.8 Å². The normalized spacial score (nSPS) is 25.6. The molecule has 1 saturated heterocycles. The quantitative estimate of drug-likeness (QED) is 0.369. The van der Waals surface area contributed by atoms with Crippen LogP contribution < -0.4 is 4.90 Å². The van der Waals surface area contributed by atoms with Crippen molar-refractivity contribution >= 4 is 28.9 Å². The van der Waals surface area contributed by atoms with Gasteiger partial charge in [0.05, 0.1) is 23.3 Å². The Balaban J connectivity index is 1.70. The molecule has 186 valence electrons.